The maximum atomic E-state index is 9.60. The van der Waals surface area contributed by atoms with Crippen LogP contribution in [-0.4, -0.2) is 11.1 Å². The van der Waals surface area contributed by atoms with Crippen molar-refractivity contribution in [2.45, 2.75) is 13.5 Å². The summed E-state index contributed by atoms with van der Waals surface area (Å²) in [6.07, 6.45) is 0. The molecule has 112 valence electrons. The summed E-state index contributed by atoms with van der Waals surface area (Å²) in [6.45, 7) is 5.19. The molecule has 0 bridgehead atoms. The highest BCUT2D eigenvalue weighted by molar-refractivity contribution is 5.99. The van der Waals surface area contributed by atoms with Gasteiger partial charge in [-0.3, -0.25) is 0 Å². The number of aliphatic carboxylic acids is 1. The van der Waals surface area contributed by atoms with Crippen molar-refractivity contribution in [2.75, 3.05) is 0 Å². The van der Waals surface area contributed by atoms with Crippen LogP contribution in [-0.2, 0) is 11.3 Å². The molecule has 0 fully saturated rings. The predicted octanol–water partition coefficient (Wildman–Crippen LogP) is 4.10. The first kappa shape index (κ1) is 15.7. The fourth-order valence-corrected chi connectivity index (χ4v) is 2.21. The zero-order valence-electron chi connectivity index (χ0n) is 12.5. The molecule has 0 heterocycles. The van der Waals surface area contributed by atoms with Crippen molar-refractivity contribution in [3.8, 4) is 0 Å². The standard InChI is InChI=1S/C15H13N.C4H6O2/c16-10-14-7-3-6-13-8-11-4-1-2-5-12(11)9-15(13)14;1-3(2)4(5)6/h1-9H,10,16H2;1H2,2H3,(H,5,6). The number of fused-ring (bicyclic) bond motifs is 2. The number of hydrogen-bond acceptors (Lipinski definition) is 2. The van der Waals surface area contributed by atoms with Gasteiger partial charge in [-0.25, -0.2) is 4.79 Å². The number of carboxylic acids is 1. The molecule has 0 radical (unpaired) electrons. The van der Waals surface area contributed by atoms with Gasteiger partial charge in [-0.1, -0.05) is 49.0 Å². The minimum absolute atomic E-state index is 0.176. The Kier molecular flexibility index (Phi) is 4.92. The second-order valence-corrected chi connectivity index (χ2v) is 5.13. The van der Waals surface area contributed by atoms with Gasteiger partial charge in [0.2, 0.25) is 0 Å². The summed E-state index contributed by atoms with van der Waals surface area (Å²) in [7, 11) is 0. The highest BCUT2D eigenvalue weighted by Crippen LogP contribution is 2.25. The summed E-state index contributed by atoms with van der Waals surface area (Å²) in [5.41, 5.74) is 7.15. The minimum atomic E-state index is -0.935. The molecule has 0 amide bonds. The molecule has 0 aliphatic heterocycles. The third-order valence-corrected chi connectivity index (χ3v) is 3.42. The van der Waals surface area contributed by atoms with Crippen molar-refractivity contribution in [3.05, 3.63) is 72.3 Å². The van der Waals surface area contributed by atoms with Gasteiger partial charge in [-0.2, -0.15) is 0 Å². The highest BCUT2D eigenvalue weighted by atomic mass is 16.4. The third kappa shape index (κ3) is 3.51. The molecular weight excluding hydrogens is 274 g/mol. The van der Waals surface area contributed by atoms with Crippen LogP contribution in [0, 0.1) is 0 Å². The van der Waals surface area contributed by atoms with Gasteiger partial charge >= 0.3 is 5.97 Å². The summed E-state index contributed by atoms with van der Waals surface area (Å²) in [5.74, 6) is -0.935. The maximum absolute atomic E-state index is 9.60. The first-order chi connectivity index (χ1) is 10.5. The van der Waals surface area contributed by atoms with E-state index in [-0.39, 0.29) is 5.57 Å². The van der Waals surface area contributed by atoms with E-state index in [0.29, 0.717) is 6.54 Å². The smallest absolute Gasteiger partial charge is 0.330 e. The Balaban J connectivity index is 0.000000254. The van der Waals surface area contributed by atoms with E-state index < -0.39 is 5.97 Å². The number of rotatable bonds is 2. The Morgan fingerprint density at radius 2 is 1.59 bits per heavy atom. The Labute approximate surface area is 129 Å². The molecule has 0 saturated carbocycles. The topological polar surface area (TPSA) is 63.3 Å². The quantitative estimate of drug-likeness (QED) is 0.552. The van der Waals surface area contributed by atoms with Crippen LogP contribution in [0.2, 0.25) is 0 Å². The molecule has 0 saturated heterocycles. The van der Waals surface area contributed by atoms with Crippen LogP contribution < -0.4 is 5.73 Å². The SMILES string of the molecule is C=C(C)C(=O)O.NCc1cccc2cc3ccccc3cc12. The molecule has 3 aromatic rings. The minimum Gasteiger partial charge on any atom is -0.478 e. The van der Waals surface area contributed by atoms with Crippen LogP contribution >= 0.6 is 0 Å². The van der Waals surface area contributed by atoms with Crippen molar-refractivity contribution in [1.29, 1.82) is 0 Å². The van der Waals surface area contributed by atoms with Gasteiger partial charge in [-0.15, -0.1) is 0 Å². The average molecular weight is 293 g/mol. The fraction of sp³-hybridized carbons (Fsp3) is 0.105. The second kappa shape index (κ2) is 6.87. The Bertz CT molecular complexity index is 825. The number of hydrogen-bond donors (Lipinski definition) is 2. The van der Waals surface area contributed by atoms with E-state index in [1.165, 1.54) is 34.0 Å². The molecule has 22 heavy (non-hydrogen) atoms. The second-order valence-electron chi connectivity index (χ2n) is 5.13. The molecule has 0 aliphatic rings. The van der Waals surface area contributed by atoms with E-state index in [2.05, 4.69) is 61.2 Å². The molecule has 3 aromatic carbocycles. The molecule has 0 atom stereocenters. The first-order valence-electron chi connectivity index (χ1n) is 7.02. The Morgan fingerprint density at radius 1 is 1.05 bits per heavy atom. The lowest BCUT2D eigenvalue weighted by Gasteiger charge is -2.06. The van der Waals surface area contributed by atoms with Crippen LogP contribution in [0.25, 0.3) is 21.5 Å². The predicted molar refractivity (Wildman–Crippen MR) is 91.8 cm³/mol. The summed E-state index contributed by atoms with van der Waals surface area (Å²) < 4.78 is 0. The first-order valence-corrected chi connectivity index (χ1v) is 7.02. The Morgan fingerprint density at radius 3 is 2.14 bits per heavy atom. The number of benzene rings is 3. The molecule has 3 heteroatoms. The largest absolute Gasteiger partial charge is 0.478 e. The fourth-order valence-electron chi connectivity index (χ4n) is 2.21. The normalized spacial score (nSPS) is 10.1. The van der Waals surface area contributed by atoms with Gasteiger partial charge in [0.05, 0.1) is 0 Å². The average Bonchev–Trinajstić information content (AvgIpc) is 2.52. The van der Waals surface area contributed by atoms with Crippen LogP contribution in [0.3, 0.4) is 0 Å². The van der Waals surface area contributed by atoms with Crippen molar-refractivity contribution in [2.24, 2.45) is 5.73 Å². The molecule has 0 unspecified atom stereocenters. The lowest BCUT2D eigenvalue weighted by atomic mass is 10.00. The number of nitrogens with two attached hydrogens (primary N) is 1. The van der Waals surface area contributed by atoms with E-state index >= 15 is 0 Å². The zero-order valence-corrected chi connectivity index (χ0v) is 12.5. The maximum Gasteiger partial charge on any atom is 0.330 e. The van der Waals surface area contributed by atoms with Crippen molar-refractivity contribution < 1.29 is 9.90 Å². The van der Waals surface area contributed by atoms with Crippen LogP contribution in [0.4, 0.5) is 0 Å². The van der Waals surface area contributed by atoms with Gasteiger partial charge in [0.15, 0.2) is 0 Å². The summed E-state index contributed by atoms with van der Waals surface area (Å²) in [6, 6.07) is 19.2. The summed E-state index contributed by atoms with van der Waals surface area (Å²) in [5, 5.41) is 13.0. The van der Waals surface area contributed by atoms with Crippen molar-refractivity contribution in [3.63, 3.8) is 0 Å². The van der Waals surface area contributed by atoms with Crippen LogP contribution in [0.5, 0.6) is 0 Å². The molecular formula is C19H19NO2. The van der Waals surface area contributed by atoms with Crippen LogP contribution in [0.1, 0.15) is 12.5 Å². The number of carbonyl (C=O) groups is 1. The lowest BCUT2D eigenvalue weighted by molar-refractivity contribution is -0.132. The summed E-state index contributed by atoms with van der Waals surface area (Å²) in [4.78, 5) is 9.60. The van der Waals surface area contributed by atoms with Gasteiger partial charge in [-0.05, 0) is 46.2 Å². The van der Waals surface area contributed by atoms with Gasteiger partial charge in [0.25, 0.3) is 0 Å². The molecule has 3 rings (SSSR count). The molecule has 0 spiro atoms. The molecule has 0 aromatic heterocycles. The van der Waals surface area contributed by atoms with Gasteiger partial charge in [0, 0.05) is 12.1 Å². The van der Waals surface area contributed by atoms with E-state index in [4.69, 9.17) is 10.8 Å². The third-order valence-electron chi connectivity index (χ3n) is 3.42. The molecule has 0 aliphatic carbocycles. The van der Waals surface area contributed by atoms with E-state index in [1.807, 2.05) is 0 Å². The van der Waals surface area contributed by atoms with Crippen LogP contribution in [0.15, 0.2) is 66.7 Å². The number of carboxylic acid groups (broad SMARTS) is 1. The molecule has 3 N–H and O–H groups in total. The van der Waals surface area contributed by atoms with E-state index in [0.717, 1.165) is 0 Å². The van der Waals surface area contributed by atoms with Crippen molar-refractivity contribution in [1.82, 2.24) is 0 Å². The monoisotopic (exact) mass is 293 g/mol. The Hall–Kier alpha value is -2.65. The summed E-state index contributed by atoms with van der Waals surface area (Å²) >= 11 is 0. The van der Waals surface area contributed by atoms with Gasteiger partial charge < -0.3 is 10.8 Å². The molecule has 3 nitrogen and oxygen atoms in total. The van der Waals surface area contributed by atoms with Gasteiger partial charge in [0.1, 0.15) is 0 Å². The highest BCUT2D eigenvalue weighted by Gasteiger charge is 2.01. The van der Waals surface area contributed by atoms with E-state index in [1.54, 1.807) is 0 Å². The zero-order chi connectivity index (χ0) is 16.1. The van der Waals surface area contributed by atoms with E-state index in [9.17, 15) is 4.79 Å². The van der Waals surface area contributed by atoms with Crippen molar-refractivity contribution >= 4 is 27.5 Å². The lowest BCUT2D eigenvalue weighted by Crippen LogP contribution is -1.96.